The fraction of sp³-hybridized carbons (Fsp3) is 0.239. The van der Waals surface area contributed by atoms with Crippen molar-refractivity contribution in [1.29, 1.82) is 0 Å². The van der Waals surface area contributed by atoms with Gasteiger partial charge >= 0.3 is 5.97 Å². The zero-order valence-electron chi connectivity index (χ0n) is 33.9. The number of rotatable bonds is 12. The summed E-state index contributed by atoms with van der Waals surface area (Å²) in [5.74, 6) is -5.06. The van der Waals surface area contributed by atoms with Crippen molar-refractivity contribution >= 4 is 52.9 Å². The molecule has 322 valence electrons. The number of halogens is 1. The van der Waals surface area contributed by atoms with E-state index in [4.69, 9.17) is 16.3 Å². The zero-order valence-corrected chi connectivity index (χ0v) is 34.7. The normalized spacial score (nSPS) is 16.0. The van der Waals surface area contributed by atoms with Crippen LogP contribution in [0, 0.1) is 0 Å². The van der Waals surface area contributed by atoms with Gasteiger partial charge in [0.1, 0.15) is 17.8 Å². The fourth-order valence-electron chi connectivity index (χ4n) is 7.12. The summed E-state index contributed by atoms with van der Waals surface area (Å²) in [4.78, 5) is 101. The molecule has 1 saturated carbocycles. The summed E-state index contributed by atoms with van der Waals surface area (Å²) in [5.41, 5.74) is 4.96. The highest BCUT2D eigenvalue weighted by Crippen LogP contribution is 2.47. The van der Waals surface area contributed by atoms with Gasteiger partial charge in [0, 0.05) is 42.0 Å². The van der Waals surface area contributed by atoms with Gasteiger partial charge in [0.25, 0.3) is 5.91 Å². The summed E-state index contributed by atoms with van der Waals surface area (Å²) in [6.07, 6.45) is 4.43. The quantitative estimate of drug-likeness (QED) is 0.114. The monoisotopic (exact) mass is 871 g/mol. The number of carbonyl (C=O) groups excluding carboxylic acids is 7. The summed E-state index contributed by atoms with van der Waals surface area (Å²) in [6, 6.07) is 23.1. The van der Waals surface area contributed by atoms with E-state index in [1.54, 1.807) is 60.7 Å². The number of aromatic hydroxyl groups is 1. The SMILES string of the molecule is CN(C(=O)CNC(=O)c1ccc(-c2ccc(Cl)cc2)cc1)C1C(=O)NCC(=O)NC(C(=O)NCC(=O)COC(=O)c2ncccn2)Cc2ccc(O)c(c2)-c2cc1ccc2C1CC1. The van der Waals surface area contributed by atoms with Gasteiger partial charge in [-0.2, -0.15) is 0 Å². The number of likely N-dealkylation sites (N-methyl/N-ethyl adjacent to an activating group) is 1. The number of nitrogens with one attached hydrogen (secondary N) is 4. The highest BCUT2D eigenvalue weighted by Gasteiger charge is 2.33. The summed E-state index contributed by atoms with van der Waals surface area (Å²) >= 11 is 6.01. The van der Waals surface area contributed by atoms with Gasteiger partial charge in [-0.25, -0.2) is 14.8 Å². The van der Waals surface area contributed by atoms with E-state index in [2.05, 4.69) is 31.2 Å². The lowest BCUT2D eigenvalue weighted by atomic mass is 9.90. The Bertz CT molecular complexity index is 2570. The van der Waals surface area contributed by atoms with Crippen LogP contribution in [0.4, 0.5) is 0 Å². The van der Waals surface area contributed by atoms with Crippen molar-refractivity contribution in [3.63, 3.8) is 0 Å². The van der Waals surface area contributed by atoms with E-state index in [0.717, 1.165) is 29.5 Å². The molecule has 1 aliphatic carbocycles. The van der Waals surface area contributed by atoms with Crippen LogP contribution >= 0.6 is 11.6 Å². The van der Waals surface area contributed by atoms with Crippen LogP contribution in [0.2, 0.25) is 5.02 Å². The molecule has 5 amide bonds. The smallest absolute Gasteiger partial charge is 0.376 e. The van der Waals surface area contributed by atoms with Crippen LogP contribution in [0.5, 0.6) is 5.75 Å². The molecule has 4 bridgehead atoms. The molecule has 2 unspecified atom stereocenters. The number of fused-ring (bicyclic) bond motifs is 5. The second-order valence-corrected chi connectivity index (χ2v) is 15.5. The molecule has 16 nitrogen and oxygen atoms in total. The molecule has 4 aromatic carbocycles. The number of hydrogen-bond acceptors (Lipinski definition) is 11. The maximum absolute atomic E-state index is 14.1. The van der Waals surface area contributed by atoms with Crippen LogP contribution in [-0.2, 0) is 35.1 Å². The standard InChI is InChI=1S/C46H42ClN7O9/c1-54(40(58)24-52-43(59)30-8-4-27(5-9-30)28-10-13-32(47)14-11-28)41-31-12-15-34(29-6-7-29)35(21-31)36-19-26(3-16-38(36)56)20-37(53-39(57)23-51-45(41)61)44(60)50-22-33(55)25-63-46(62)42-48-17-2-18-49-42/h2-5,8-19,21,29,37,41,56H,6-7,20,22-25H2,1H3,(H,50,60)(H,51,61)(H,52,59)(H,53,57). The van der Waals surface area contributed by atoms with Gasteiger partial charge in [-0.1, -0.05) is 54.1 Å². The predicted molar refractivity (Wildman–Crippen MR) is 229 cm³/mol. The van der Waals surface area contributed by atoms with Crippen LogP contribution in [0.1, 0.15) is 62.5 Å². The number of ether oxygens (including phenoxy) is 1. The molecule has 1 aliphatic heterocycles. The average molecular weight is 872 g/mol. The van der Waals surface area contributed by atoms with Crippen LogP contribution < -0.4 is 21.3 Å². The second kappa shape index (κ2) is 19.5. The second-order valence-electron chi connectivity index (χ2n) is 15.1. The molecule has 1 fully saturated rings. The minimum atomic E-state index is -1.30. The molecule has 17 heteroatoms. The minimum absolute atomic E-state index is 0.0656. The topological polar surface area (TPSA) is 226 Å². The number of Topliss-reactive ketones (excluding diaryl/α,β-unsaturated/α-hetero) is 1. The van der Waals surface area contributed by atoms with Crippen LogP contribution in [-0.4, -0.2) is 101 Å². The number of nitrogens with zero attached hydrogens (tertiary/aromatic N) is 3. The van der Waals surface area contributed by atoms with Gasteiger partial charge < -0.3 is 36.0 Å². The Labute approximate surface area is 366 Å². The number of phenols is 1. The Kier molecular flexibility index (Phi) is 13.5. The third kappa shape index (κ3) is 10.9. The molecule has 7 rings (SSSR count). The van der Waals surface area contributed by atoms with Crippen molar-refractivity contribution in [1.82, 2.24) is 36.1 Å². The molecule has 5 aromatic rings. The number of ketones is 1. The van der Waals surface area contributed by atoms with Crippen LogP contribution in [0.25, 0.3) is 22.3 Å². The first kappa shape index (κ1) is 43.6. The highest BCUT2D eigenvalue weighted by atomic mass is 35.5. The number of phenolic OH excluding ortho intramolecular Hbond substituents is 1. The predicted octanol–water partition coefficient (Wildman–Crippen LogP) is 3.68. The molecule has 63 heavy (non-hydrogen) atoms. The van der Waals surface area contributed by atoms with E-state index in [1.165, 1.54) is 36.5 Å². The fourth-order valence-corrected chi connectivity index (χ4v) is 7.24. The Balaban J connectivity index is 1.08. The van der Waals surface area contributed by atoms with Gasteiger partial charge in [-0.15, -0.1) is 0 Å². The first-order valence-corrected chi connectivity index (χ1v) is 20.4. The summed E-state index contributed by atoms with van der Waals surface area (Å²) in [5, 5.41) is 22.1. The highest BCUT2D eigenvalue weighted by molar-refractivity contribution is 6.30. The Morgan fingerprint density at radius 2 is 1.56 bits per heavy atom. The zero-order chi connectivity index (χ0) is 44.6. The lowest BCUT2D eigenvalue weighted by Crippen LogP contribution is -2.52. The van der Waals surface area contributed by atoms with Gasteiger partial charge in [0.15, 0.2) is 12.4 Å². The molecular formula is C46H42ClN7O9. The lowest BCUT2D eigenvalue weighted by molar-refractivity contribution is -0.139. The van der Waals surface area contributed by atoms with Crippen molar-refractivity contribution in [3.8, 4) is 28.0 Å². The molecule has 2 atom stereocenters. The molecule has 0 radical (unpaired) electrons. The molecule has 1 aromatic heterocycles. The Hall–Kier alpha value is -7.46. The minimum Gasteiger partial charge on any atom is -0.507 e. The average Bonchev–Trinajstić information content (AvgIpc) is 4.15. The number of carbonyl (C=O) groups is 7. The van der Waals surface area contributed by atoms with E-state index in [-0.39, 0.29) is 23.9 Å². The van der Waals surface area contributed by atoms with E-state index in [1.807, 2.05) is 18.2 Å². The van der Waals surface area contributed by atoms with Crippen molar-refractivity contribution in [2.45, 2.75) is 37.3 Å². The Morgan fingerprint density at radius 3 is 2.25 bits per heavy atom. The van der Waals surface area contributed by atoms with Crippen LogP contribution in [0.15, 0.2) is 103 Å². The third-order valence-electron chi connectivity index (χ3n) is 10.6. The van der Waals surface area contributed by atoms with E-state index in [0.29, 0.717) is 32.8 Å². The first-order chi connectivity index (χ1) is 30.3. The summed E-state index contributed by atoms with van der Waals surface area (Å²) in [7, 11) is 1.41. The van der Waals surface area contributed by atoms with Crippen molar-refractivity contribution in [2.24, 2.45) is 0 Å². The van der Waals surface area contributed by atoms with E-state index in [9.17, 15) is 38.7 Å². The number of benzene rings is 4. The van der Waals surface area contributed by atoms with Gasteiger partial charge in [-0.3, -0.25) is 28.8 Å². The van der Waals surface area contributed by atoms with Crippen molar-refractivity contribution in [2.75, 3.05) is 33.3 Å². The molecule has 5 N–H and O–H groups in total. The number of aromatic nitrogens is 2. The molecule has 0 spiro atoms. The Morgan fingerprint density at radius 1 is 0.857 bits per heavy atom. The molecule has 0 saturated heterocycles. The summed E-state index contributed by atoms with van der Waals surface area (Å²) in [6.45, 7) is -2.26. The van der Waals surface area contributed by atoms with Gasteiger partial charge in [0.2, 0.25) is 29.5 Å². The largest absolute Gasteiger partial charge is 0.507 e. The van der Waals surface area contributed by atoms with Crippen molar-refractivity contribution < 1.29 is 43.4 Å². The van der Waals surface area contributed by atoms with E-state index < -0.39 is 79.6 Å². The number of amides is 5. The van der Waals surface area contributed by atoms with E-state index >= 15 is 0 Å². The maximum atomic E-state index is 14.1. The lowest BCUT2D eigenvalue weighted by Gasteiger charge is -2.29. The molecule has 2 heterocycles. The van der Waals surface area contributed by atoms with Crippen molar-refractivity contribution in [3.05, 3.63) is 136 Å². The number of esters is 1. The molecular weight excluding hydrogens is 830 g/mol. The molecule has 2 aliphatic rings. The number of hydrogen-bond donors (Lipinski definition) is 5. The summed E-state index contributed by atoms with van der Waals surface area (Å²) < 4.78 is 4.96. The van der Waals surface area contributed by atoms with Gasteiger partial charge in [0.05, 0.1) is 19.6 Å². The first-order valence-electron chi connectivity index (χ1n) is 20.0. The van der Waals surface area contributed by atoms with Crippen LogP contribution in [0.3, 0.4) is 0 Å². The third-order valence-corrected chi connectivity index (χ3v) is 10.9. The maximum Gasteiger partial charge on any atom is 0.376 e. The van der Waals surface area contributed by atoms with Gasteiger partial charge in [-0.05, 0) is 101 Å².